The topological polar surface area (TPSA) is 82.3 Å². The fourth-order valence-corrected chi connectivity index (χ4v) is 2.33. The third-order valence-corrected chi connectivity index (χ3v) is 3.57. The van der Waals surface area contributed by atoms with Crippen LogP contribution in [0.2, 0.25) is 0 Å². The fourth-order valence-electron chi connectivity index (χ4n) is 2.33. The van der Waals surface area contributed by atoms with Crippen LogP contribution in [0.1, 0.15) is 31.2 Å². The molecule has 1 fully saturated rings. The van der Waals surface area contributed by atoms with Gasteiger partial charge in [0, 0.05) is 19.3 Å². The van der Waals surface area contributed by atoms with E-state index in [1.807, 2.05) is 10.3 Å². The highest BCUT2D eigenvalue weighted by molar-refractivity contribution is 6.39. The quantitative estimate of drug-likeness (QED) is 0.769. The molecule has 0 radical (unpaired) electrons. The number of amides is 2. The van der Waals surface area contributed by atoms with Crippen molar-refractivity contribution in [2.24, 2.45) is 0 Å². The van der Waals surface area contributed by atoms with E-state index in [-0.39, 0.29) is 0 Å². The predicted molar refractivity (Wildman–Crippen MR) is 75.7 cm³/mol. The molecule has 6 nitrogen and oxygen atoms in total. The number of nitrogens with one attached hydrogen (secondary N) is 2. The van der Waals surface area contributed by atoms with Crippen molar-refractivity contribution in [1.29, 1.82) is 0 Å². The van der Waals surface area contributed by atoms with Gasteiger partial charge in [-0.2, -0.15) is 13.2 Å². The molecule has 2 amide bonds. The molecule has 1 saturated heterocycles. The summed E-state index contributed by atoms with van der Waals surface area (Å²) in [5.74, 6) is -1.96. The summed E-state index contributed by atoms with van der Waals surface area (Å²) in [7, 11) is 0. The number of anilines is 1. The van der Waals surface area contributed by atoms with Crippen LogP contribution in [0.4, 0.5) is 18.9 Å². The molecule has 1 aliphatic heterocycles. The number of carbonyl (C=O) groups excluding carboxylic acids is 2. The van der Waals surface area contributed by atoms with Crippen molar-refractivity contribution in [2.75, 3.05) is 18.4 Å². The van der Waals surface area contributed by atoms with E-state index in [0.29, 0.717) is 25.4 Å². The molecule has 2 heterocycles. The largest absolute Gasteiger partial charge is 0.417 e. The zero-order valence-electron chi connectivity index (χ0n) is 12.2. The van der Waals surface area contributed by atoms with Gasteiger partial charge in [0.15, 0.2) is 0 Å². The molecule has 0 aromatic carbocycles. The second kappa shape index (κ2) is 6.84. The van der Waals surface area contributed by atoms with Crippen molar-refractivity contribution in [3.63, 3.8) is 0 Å². The van der Waals surface area contributed by atoms with Crippen LogP contribution >= 0.6 is 0 Å². The Morgan fingerprint density at radius 2 is 1.74 bits per heavy atom. The minimum Gasteiger partial charge on any atom is -0.334 e. The molecule has 126 valence electrons. The first kappa shape index (κ1) is 17.0. The number of rotatable bonds is 1. The van der Waals surface area contributed by atoms with Crippen LogP contribution < -0.4 is 10.9 Å². The zero-order valence-corrected chi connectivity index (χ0v) is 12.2. The number of halogens is 3. The Kier molecular flexibility index (Phi) is 5.07. The van der Waals surface area contributed by atoms with Gasteiger partial charge >= 0.3 is 18.0 Å². The molecule has 9 heteroatoms. The first-order valence-corrected chi connectivity index (χ1v) is 7.19. The third kappa shape index (κ3) is 4.33. The molecule has 0 bridgehead atoms. The Labute approximate surface area is 129 Å². The summed E-state index contributed by atoms with van der Waals surface area (Å²) in [5.41, 5.74) is -2.63. The summed E-state index contributed by atoms with van der Waals surface area (Å²) >= 11 is 0. The number of pyridine rings is 1. The standard InChI is InChI=1S/C14H16F3N3O3/c15-14(16,17)9-7-10(11(21)18-8-9)19-12(22)13(23)20-5-3-1-2-4-6-20/h7-8H,1-6H2,(H,18,21)(H,19,22). The minimum atomic E-state index is -4.67. The van der Waals surface area contributed by atoms with Gasteiger partial charge in [-0.15, -0.1) is 0 Å². The van der Waals surface area contributed by atoms with Crippen LogP contribution in [0.15, 0.2) is 17.1 Å². The van der Waals surface area contributed by atoms with Gasteiger partial charge in [-0.25, -0.2) is 0 Å². The lowest BCUT2D eigenvalue weighted by Crippen LogP contribution is -2.41. The summed E-state index contributed by atoms with van der Waals surface area (Å²) in [4.78, 5) is 38.7. The van der Waals surface area contributed by atoms with Crippen molar-refractivity contribution >= 4 is 17.5 Å². The van der Waals surface area contributed by atoms with Crippen LogP contribution in [-0.2, 0) is 15.8 Å². The van der Waals surface area contributed by atoms with Crippen LogP contribution in [0.5, 0.6) is 0 Å². The molecule has 2 N–H and O–H groups in total. The minimum absolute atomic E-state index is 0.422. The second-order valence-electron chi connectivity index (χ2n) is 5.29. The van der Waals surface area contributed by atoms with E-state index >= 15 is 0 Å². The Morgan fingerprint density at radius 1 is 1.13 bits per heavy atom. The summed E-state index contributed by atoms with van der Waals surface area (Å²) in [6.07, 6.45) is -0.712. The van der Waals surface area contributed by atoms with Gasteiger partial charge in [-0.1, -0.05) is 12.8 Å². The van der Waals surface area contributed by atoms with Gasteiger partial charge in [0.2, 0.25) is 0 Å². The van der Waals surface area contributed by atoms with Crippen LogP contribution in [0.25, 0.3) is 0 Å². The normalized spacial score (nSPS) is 15.9. The summed E-state index contributed by atoms with van der Waals surface area (Å²) < 4.78 is 37.9. The van der Waals surface area contributed by atoms with Gasteiger partial charge in [-0.05, 0) is 18.9 Å². The van der Waals surface area contributed by atoms with Gasteiger partial charge in [0.1, 0.15) is 5.69 Å². The van der Waals surface area contributed by atoms with Crippen molar-refractivity contribution in [3.05, 3.63) is 28.2 Å². The molecule has 0 atom stereocenters. The number of aromatic amines is 1. The predicted octanol–water partition coefficient (Wildman–Crippen LogP) is 1.73. The molecule has 1 aliphatic rings. The molecule has 0 saturated carbocycles. The van der Waals surface area contributed by atoms with Crippen molar-refractivity contribution in [2.45, 2.75) is 31.9 Å². The number of H-pyrrole nitrogens is 1. The van der Waals surface area contributed by atoms with Gasteiger partial charge in [-0.3, -0.25) is 14.4 Å². The van der Waals surface area contributed by atoms with Crippen LogP contribution in [0.3, 0.4) is 0 Å². The maximum atomic E-state index is 12.6. The number of alkyl halides is 3. The third-order valence-electron chi connectivity index (χ3n) is 3.57. The summed E-state index contributed by atoms with van der Waals surface area (Å²) in [5, 5.41) is 1.97. The number of hydrogen-bond donors (Lipinski definition) is 2. The lowest BCUT2D eigenvalue weighted by Gasteiger charge is -2.19. The smallest absolute Gasteiger partial charge is 0.334 e. The molecule has 23 heavy (non-hydrogen) atoms. The first-order chi connectivity index (χ1) is 10.8. The first-order valence-electron chi connectivity index (χ1n) is 7.19. The number of nitrogens with zero attached hydrogens (tertiary/aromatic N) is 1. The molecule has 2 rings (SSSR count). The van der Waals surface area contributed by atoms with Gasteiger partial charge in [0.25, 0.3) is 5.56 Å². The van der Waals surface area contributed by atoms with E-state index in [9.17, 15) is 27.6 Å². The lowest BCUT2D eigenvalue weighted by molar-refractivity contribution is -0.143. The monoisotopic (exact) mass is 331 g/mol. The van der Waals surface area contributed by atoms with Crippen LogP contribution in [0, 0.1) is 0 Å². The number of carbonyl (C=O) groups is 2. The summed E-state index contributed by atoms with van der Waals surface area (Å²) in [6, 6.07) is 0.506. The Morgan fingerprint density at radius 3 is 2.30 bits per heavy atom. The highest BCUT2D eigenvalue weighted by atomic mass is 19.4. The van der Waals surface area contributed by atoms with E-state index in [1.165, 1.54) is 4.90 Å². The Bertz CT molecular complexity index is 647. The number of likely N-dealkylation sites (tertiary alicyclic amines) is 1. The highest BCUT2D eigenvalue weighted by Gasteiger charge is 2.32. The van der Waals surface area contributed by atoms with E-state index in [0.717, 1.165) is 25.7 Å². The van der Waals surface area contributed by atoms with Crippen molar-refractivity contribution < 1.29 is 22.8 Å². The number of aromatic nitrogens is 1. The van der Waals surface area contributed by atoms with Crippen molar-refractivity contribution in [1.82, 2.24) is 9.88 Å². The Hall–Kier alpha value is -2.32. The maximum Gasteiger partial charge on any atom is 0.417 e. The average molecular weight is 331 g/mol. The molecule has 0 aliphatic carbocycles. The summed E-state index contributed by atoms with van der Waals surface area (Å²) in [6.45, 7) is 0.844. The molecule has 1 aromatic heterocycles. The fraction of sp³-hybridized carbons (Fsp3) is 0.500. The van der Waals surface area contributed by atoms with E-state index in [2.05, 4.69) is 0 Å². The van der Waals surface area contributed by atoms with E-state index < -0.39 is 34.8 Å². The average Bonchev–Trinajstić information content (AvgIpc) is 2.76. The molecule has 0 unspecified atom stereocenters. The number of hydrogen-bond acceptors (Lipinski definition) is 3. The SMILES string of the molecule is O=C(Nc1cc(C(F)(F)F)c[nH]c1=O)C(=O)N1CCCCCC1. The molecule has 1 aromatic rings. The highest BCUT2D eigenvalue weighted by Crippen LogP contribution is 2.29. The van der Waals surface area contributed by atoms with Gasteiger partial charge < -0.3 is 15.2 Å². The molecule has 0 spiro atoms. The Balaban J connectivity index is 2.13. The van der Waals surface area contributed by atoms with Crippen molar-refractivity contribution in [3.8, 4) is 0 Å². The van der Waals surface area contributed by atoms with E-state index in [4.69, 9.17) is 0 Å². The molecular weight excluding hydrogens is 315 g/mol. The maximum absolute atomic E-state index is 12.6. The van der Waals surface area contributed by atoms with E-state index in [1.54, 1.807) is 0 Å². The second-order valence-corrected chi connectivity index (χ2v) is 5.29. The lowest BCUT2D eigenvalue weighted by atomic mass is 10.2. The zero-order chi connectivity index (χ0) is 17.0. The van der Waals surface area contributed by atoms with Gasteiger partial charge in [0.05, 0.1) is 5.56 Å². The molecular formula is C14H16F3N3O3. The van der Waals surface area contributed by atoms with Crippen LogP contribution in [-0.4, -0.2) is 34.8 Å².